The molecule has 0 nitrogen and oxygen atoms in total. The van der Waals surface area contributed by atoms with E-state index >= 15 is 0 Å². The zero-order chi connectivity index (χ0) is 23.3. The summed E-state index contributed by atoms with van der Waals surface area (Å²) in [5.41, 5.74) is 12.3. The fraction of sp³-hybridized carbons (Fsp3) is 0.394. The Kier molecular flexibility index (Phi) is 3.23. The van der Waals surface area contributed by atoms with E-state index in [0.717, 1.165) is 6.42 Å². The number of hydrogen-bond acceptors (Lipinski definition) is 0. The van der Waals surface area contributed by atoms with Crippen LogP contribution in [0, 0.1) is 13.8 Å². The van der Waals surface area contributed by atoms with Crippen LogP contribution in [0.5, 0.6) is 0 Å². The Hall–Kier alpha value is -2.60. The Bertz CT molecular complexity index is 1550. The monoisotopic (exact) mass is 430 g/mol. The van der Waals surface area contributed by atoms with Crippen molar-refractivity contribution < 1.29 is 0 Å². The maximum Gasteiger partial charge on any atom is 0.0347 e. The van der Waals surface area contributed by atoms with Gasteiger partial charge in [-0.3, -0.25) is 0 Å². The molecule has 0 bridgehead atoms. The van der Waals surface area contributed by atoms with Gasteiger partial charge >= 0.3 is 0 Å². The molecular weight excluding hydrogens is 396 g/mol. The van der Waals surface area contributed by atoms with Crippen LogP contribution < -0.4 is 0 Å². The van der Waals surface area contributed by atoms with Gasteiger partial charge in [-0.1, -0.05) is 90.1 Å². The molecule has 0 heteroatoms. The minimum absolute atomic E-state index is 0.00849. The first kappa shape index (κ1) is 19.8. The zero-order valence-corrected chi connectivity index (χ0v) is 21.3. The lowest BCUT2D eigenvalue weighted by atomic mass is 9.60. The normalized spacial score (nSPS) is 27.0. The second kappa shape index (κ2) is 5.38. The highest BCUT2D eigenvalue weighted by Gasteiger charge is 2.62. The smallest absolute Gasteiger partial charge is 0.0347 e. The molecule has 4 aromatic rings. The molecule has 4 aromatic carbocycles. The molecule has 0 saturated heterocycles. The highest BCUT2D eigenvalue weighted by Crippen LogP contribution is 2.70. The van der Waals surface area contributed by atoms with E-state index in [1.165, 1.54) is 38.6 Å². The van der Waals surface area contributed by atoms with Crippen molar-refractivity contribution in [2.45, 2.75) is 83.5 Å². The van der Waals surface area contributed by atoms with E-state index in [0.29, 0.717) is 0 Å². The third-order valence-electron chi connectivity index (χ3n) is 11.0. The number of aryl methyl sites for hydroxylation is 2. The topological polar surface area (TPSA) is 0 Å². The quantitative estimate of drug-likeness (QED) is 0.284. The van der Waals surface area contributed by atoms with Gasteiger partial charge in [0.1, 0.15) is 0 Å². The Balaban J connectivity index is 1.72. The summed E-state index contributed by atoms with van der Waals surface area (Å²) in [6.07, 6.45) is 1.11. The van der Waals surface area contributed by atoms with Gasteiger partial charge in [0.05, 0.1) is 0 Å². The molecule has 0 aliphatic heterocycles. The van der Waals surface area contributed by atoms with Crippen LogP contribution >= 0.6 is 0 Å². The second-order valence-corrected chi connectivity index (χ2v) is 12.3. The van der Waals surface area contributed by atoms with Crippen molar-refractivity contribution in [2.24, 2.45) is 0 Å². The number of hydrogen-bond donors (Lipinski definition) is 0. The molecule has 2 atom stereocenters. The summed E-state index contributed by atoms with van der Waals surface area (Å²) in [7, 11) is 0. The van der Waals surface area contributed by atoms with Gasteiger partial charge in [-0.05, 0) is 97.2 Å². The summed E-state index contributed by atoms with van der Waals surface area (Å²) in [6.45, 7) is 19.3. The fourth-order valence-corrected chi connectivity index (χ4v) is 8.65. The van der Waals surface area contributed by atoms with Gasteiger partial charge in [-0.25, -0.2) is 0 Å². The van der Waals surface area contributed by atoms with Crippen molar-refractivity contribution in [3.63, 3.8) is 0 Å². The van der Waals surface area contributed by atoms with E-state index < -0.39 is 0 Å². The van der Waals surface area contributed by atoms with Crippen molar-refractivity contribution in [2.75, 3.05) is 0 Å². The van der Waals surface area contributed by atoms with Crippen LogP contribution in [-0.4, -0.2) is 0 Å². The van der Waals surface area contributed by atoms with Crippen molar-refractivity contribution >= 4 is 21.5 Å². The van der Waals surface area contributed by atoms with Gasteiger partial charge in [0, 0.05) is 10.8 Å². The average molecular weight is 431 g/mol. The van der Waals surface area contributed by atoms with E-state index in [4.69, 9.17) is 0 Å². The third kappa shape index (κ3) is 1.69. The first-order valence-corrected chi connectivity index (χ1v) is 12.7. The van der Waals surface area contributed by atoms with Gasteiger partial charge in [0.15, 0.2) is 0 Å². The molecule has 0 N–H and O–H groups in total. The lowest BCUT2D eigenvalue weighted by molar-refractivity contribution is 0.321. The molecule has 3 aliphatic carbocycles. The SMILES string of the molecule is CCC12c3ccc(C)c4c(C)ccc(c34)C1(C)c1ccc3c4c(ccc2c14)C(C)(C)C3(C)C. The zero-order valence-electron chi connectivity index (χ0n) is 21.3. The molecule has 2 unspecified atom stereocenters. The minimum atomic E-state index is -0.0415. The highest BCUT2D eigenvalue weighted by atomic mass is 14.6. The van der Waals surface area contributed by atoms with Crippen molar-refractivity contribution in [3.05, 3.63) is 93.0 Å². The predicted molar refractivity (Wildman–Crippen MR) is 141 cm³/mol. The van der Waals surface area contributed by atoms with Crippen LogP contribution in [0.25, 0.3) is 21.5 Å². The van der Waals surface area contributed by atoms with E-state index in [1.54, 1.807) is 27.5 Å². The van der Waals surface area contributed by atoms with Gasteiger partial charge in [-0.2, -0.15) is 0 Å². The molecule has 33 heavy (non-hydrogen) atoms. The maximum atomic E-state index is 2.55. The molecule has 0 aromatic heterocycles. The molecular formula is C33H34. The Labute approximate surface area is 198 Å². The number of rotatable bonds is 1. The van der Waals surface area contributed by atoms with Crippen LogP contribution in [-0.2, 0) is 21.7 Å². The van der Waals surface area contributed by atoms with Crippen LogP contribution in [0.4, 0.5) is 0 Å². The molecule has 0 fully saturated rings. The third-order valence-corrected chi connectivity index (χ3v) is 11.0. The van der Waals surface area contributed by atoms with E-state index in [9.17, 15) is 0 Å². The van der Waals surface area contributed by atoms with Crippen LogP contribution in [0.15, 0.2) is 48.5 Å². The number of fused-ring (bicyclic) bond motifs is 5. The predicted octanol–water partition coefficient (Wildman–Crippen LogP) is 8.51. The second-order valence-electron chi connectivity index (χ2n) is 12.3. The van der Waals surface area contributed by atoms with Crippen molar-refractivity contribution in [1.29, 1.82) is 0 Å². The molecule has 0 amide bonds. The molecule has 0 heterocycles. The molecule has 0 spiro atoms. The van der Waals surface area contributed by atoms with E-state index in [-0.39, 0.29) is 21.7 Å². The average Bonchev–Trinajstić information content (AvgIpc) is 3.20. The Morgan fingerprint density at radius 3 is 1.36 bits per heavy atom. The first-order chi connectivity index (χ1) is 15.5. The largest absolute Gasteiger partial charge is 0.0642 e. The molecule has 0 radical (unpaired) electrons. The lowest BCUT2D eigenvalue weighted by Crippen LogP contribution is -2.41. The first-order valence-electron chi connectivity index (χ1n) is 12.7. The van der Waals surface area contributed by atoms with Gasteiger partial charge in [0.2, 0.25) is 0 Å². The standard InChI is InChI=1S/C33H34/c1-9-33-24-13-11-19(3)26-18(2)10-12-22(28(24)26)32(33,8)23-16-14-20-27-21(15-17-25(33)29(23)27)31(6,7)30(20,4)5/h10-17H,9H2,1-8H3. The van der Waals surface area contributed by atoms with Crippen molar-refractivity contribution in [3.8, 4) is 0 Å². The summed E-state index contributed by atoms with van der Waals surface area (Å²) in [6, 6.07) is 19.7. The molecule has 0 saturated carbocycles. The molecule has 3 aliphatic rings. The Morgan fingerprint density at radius 1 is 0.485 bits per heavy atom. The van der Waals surface area contributed by atoms with E-state index in [1.807, 2.05) is 0 Å². The lowest BCUT2D eigenvalue weighted by Gasteiger charge is -2.41. The van der Waals surface area contributed by atoms with Crippen LogP contribution in [0.1, 0.15) is 92.5 Å². The van der Waals surface area contributed by atoms with E-state index in [2.05, 4.69) is 104 Å². The number of benzene rings is 4. The minimum Gasteiger partial charge on any atom is -0.0642 e. The summed E-state index contributed by atoms with van der Waals surface area (Å²) >= 11 is 0. The maximum absolute atomic E-state index is 2.55. The van der Waals surface area contributed by atoms with Gasteiger partial charge < -0.3 is 0 Å². The van der Waals surface area contributed by atoms with Crippen molar-refractivity contribution in [1.82, 2.24) is 0 Å². The molecule has 7 rings (SSSR count). The summed E-state index contributed by atoms with van der Waals surface area (Å²) in [5.74, 6) is 0. The summed E-state index contributed by atoms with van der Waals surface area (Å²) < 4.78 is 0. The molecule has 166 valence electrons. The van der Waals surface area contributed by atoms with Crippen LogP contribution in [0.2, 0.25) is 0 Å². The Morgan fingerprint density at radius 2 is 0.848 bits per heavy atom. The summed E-state index contributed by atoms with van der Waals surface area (Å²) in [5, 5.41) is 6.13. The fourth-order valence-electron chi connectivity index (χ4n) is 8.65. The van der Waals surface area contributed by atoms with Gasteiger partial charge in [-0.15, -0.1) is 0 Å². The van der Waals surface area contributed by atoms with Gasteiger partial charge in [0.25, 0.3) is 0 Å². The summed E-state index contributed by atoms with van der Waals surface area (Å²) in [4.78, 5) is 0. The van der Waals surface area contributed by atoms with Crippen LogP contribution in [0.3, 0.4) is 0 Å². The highest BCUT2D eigenvalue weighted by molar-refractivity contribution is 6.08.